The fourth-order valence-corrected chi connectivity index (χ4v) is 1.20. The zero-order valence-corrected chi connectivity index (χ0v) is 13.3. The lowest BCUT2D eigenvalue weighted by molar-refractivity contribution is -0.143. The van der Waals surface area contributed by atoms with E-state index in [1.165, 1.54) is 0 Å². The largest absolute Gasteiger partial charge is 0.466 e. The summed E-state index contributed by atoms with van der Waals surface area (Å²) in [6.45, 7) is 12.0. The Balaban J connectivity index is 0. The Morgan fingerprint density at radius 1 is 1.16 bits per heavy atom. The molecule has 116 valence electrons. The van der Waals surface area contributed by atoms with Gasteiger partial charge in [-0.15, -0.1) is 0 Å². The molecule has 0 aliphatic heterocycles. The molecule has 0 saturated heterocycles. The zero-order chi connectivity index (χ0) is 15.1. The van der Waals surface area contributed by atoms with Crippen LogP contribution in [0.4, 0.5) is 0 Å². The third kappa shape index (κ3) is 23.0. The van der Waals surface area contributed by atoms with Crippen molar-refractivity contribution in [3.8, 4) is 0 Å². The summed E-state index contributed by atoms with van der Waals surface area (Å²) in [5, 5.41) is 8.34. The van der Waals surface area contributed by atoms with Gasteiger partial charge in [0.05, 0.1) is 26.4 Å². The predicted molar refractivity (Wildman–Crippen MR) is 78.1 cm³/mol. The lowest BCUT2D eigenvalue weighted by Crippen LogP contribution is -2.15. The molecule has 0 amide bonds. The third-order valence-corrected chi connectivity index (χ3v) is 2.06. The summed E-state index contributed by atoms with van der Waals surface area (Å²) in [5.41, 5.74) is 0.217. The third-order valence-electron chi connectivity index (χ3n) is 2.06. The van der Waals surface area contributed by atoms with Crippen LogP contribution in [0.1, 0.15) is 60.3 Å². The Morgan fingerprint density at radius 2 is 1.79 bits per heavy atom. The van der Waals surface area contributed by atoms with Crippen molar-refractivity contribution in [2.24, 2.45) is 5.41 Å². The Labute approximate surface area is 118 Å². The van der Waals surface area contributed by atoms with Crippen LogP contribution in [0.15, 0.2) is 0 Å². The zero-order valence-electron chi connectivity index (χ0n) is 13.3. The van der Waals surface area contributed by atoms with Crippen molar-refractivity contribution in [1.82, 2.24) is 0 Å². The Morgan fingerprint density at radius 3 is 2.21 bits per heavy atom. The van der Waals surface area contributed by atoms with E-state index in [0.29, 0.717) is 26.2 Å². The van der Waals surface area contributed by atoms with Crippen LogP contribution in [-0.4, -0.2) is 37.5 Å². The number of aliphatic hydroxyl groups excluding tert-OH is 1. The van der Waals surface area contributed by atoms with Crippen molar-refractivity contribution >= 4 is 5.97 Å². The number of aliphatic hydroxyl groups is 1. The summed E-state index contributed by atoms with van der Waals surface area (Å²) in [7, 11) is 0. The molecule has 0 bridgehead atoms. The van der Waals surface area contributed by atoms with E-state index in [-0.39, 0.29) is 18.0 Å². The highest BCUT2D eigenvalue weighted by Crippen LogP contribution is 2.12. The van der Waals surface area contributed by atoms with E-state index in [9.17, 15) is 4.79 Å². The molecule has 0 radical (unpaired) electrons. The molecule has 0 aromatic rings. The van der Waals surface area contributed by atoms with Crippen LogP contribution in [0.3, 0.4) is 0 Å². The number of hydrogen-bond donors (Lipinski definition) is 1. The highest BCUT2D eigenvalue weighted by atomic mass is 16.5. The van der Waals surface area contributed by atoms with Gasteiger partial charge in [-0.25, -0.2) is 0 Å². The van der Waals surface area contributed by atoms with Crippen LogP contribution in [0.5, 0.6) is 0 Å². The molecular weight excluding hydrogens is 244 g/mol. The number of rotatable bonds is 8. The van der Waals surface area contributed by atoms with Gasteiger partial charge in [0.25, 0.3) is 0 Å². The standard InChI is InChI=1S/C8H16O2.C7H16O2/c1-3-5-6-7-8(9)10-4-2;1-7(2,3)6-9-5-4-8/h3-7H2,1-2H3;8H,4-6H2,1-3H3. The second kappa shape index (κ2) is 13.8. The molecule has 4 nitrogen and oxygen atoms in total. The van der Waals surface area contributed by atoms with Crippen LogP contribution in [-0.2, 0) is 14.3 Å². The highest BCUT2D eigenvalue weighted by molar-refractivity contribution is 5.69. The quantitative estimate of drug-likeness (QED) is 0.546. The first-order valence-corrected chi connectivity index (χ1v) is 7.21. The molecule has 0 aromatic heterocycles. The van der Waals surface area contributed by atoms with Crippen LogP contribution >= 0.6 is 0 Å². The second-order valence-corrected chi connectivity index (χ2v) is 5.60. The first-order chi connectivity index (χ1) is 8.87. The second-order valence-electron chi connectivity index (χ2n) is 5.60. The molecule has 0 fully saturated rings. The van der Waals surface area contributed by atoms with Crippen LogP contribution in [0.25, 0.3) is 0 Å². The molecule has 0 heterocycles. The number of ether oxygens (including phenoxy) is 2. The summed E-state index contributed by atoms with van der Waals surface area (Å²) in [5.74, 6) is -0.0593. The van der Waals surface area contributed by atoms with Crippen LogP contribution in [0, 0.1) is 5.41 Å². The van der Waals surface area contributed by atoms with Gasteiger partial charge in [0.1, 0.15) is 0 Å². The molecule has 1 N–H and O–H groups in total. The van der Waals surface area contributed by atoms with Gasteiger partial charge in [-0.1, -0.05) is 40.5 Å². The molecule has 0 unspecified atom stereocenters. The van der Waals surface area contributed by atoms with Crippen molar-refractivity contribution in [2.45, 2.75) is 60.3 Å². The molecule has 0 rings (SSSR count). The molecule has 0 spiro atoms. The monoisotopic (exact) mass is 276 g/mol. The minimum absolute atomic E-state index is 0.0593. The van der Waals surface area contributed by atoms with Crippen molar-refractivity contribution in [3.63, 3.8) is 0 Å². The molecule has 4 heteroatoms. The van der Waals surface area contributed by atoms with E-state index in [2.05, 4.69) is 27.7 Å². The number of unbranched alkanes of at least 4 members (excludes halogenated alkanes) is 2. The number of esters is 1. The summed E-state index contributed by atoms with van der Waals surface area (Å²) in [6, 6.07) is 0. The summed E-state index contributed by atoms with van der Waals surface area (Å²) < 4.78 is 9.85. The summed E-state index contributed by atoms with van der Waals surface area (Å²) in [6.07, 6.45) is 3.83. The van der Waals surface area contributed by atoms with Gasteiger partial charge in [-0.05, 0) is 18.8 Å². The van der Waals surface area contributed by atoms with Gasteiger partial charge in [0.15, 0.2) is 0 Å². The van der Waals surface area contributed by atoms with Crippen molar-refractivity contribution in [3.05, 3.63) is 0 Å². The molecular formula is C15H32O4. The average molecular weight is 276 g/mol. The molecule has 0 aromatic carbocycles. The van der Waals surface area contributed by atoms with E-state index in [0.717, 1.165) is 19.3 Å². The smallest absolute Gasteiger partial charge is 0.305 e. The van der Waals surface area contributed by atoms with E-state index in [4.69, 9.17) is 14.6 Å². The maximum Gasteiger partial charge on any atom is 0.305 e. The maximum absolute atomic E-state index is 10.7. The van der Waals surface area contributed by atoms with Gasteiger partial charge < -0.3 is 14.6 Å². The van der Waals surface area contributed by atoms with E-state index in [1.807, 2.05) is 6.92 Å². The van der Waals surface area contributed by atoms with Gasteiger partial charge in [-0.2, -0.15) is 0 Å². The number of carbonyl (C=O) groups excluding carboxylic acids is 1. The SMILES string of the molecule is CC(C)(C)COCCO.CCCCCC(=O)OCC. The Kier molecular flexibility index (Phi) is 15.1. The summed E-state index contributed by atoms with van der Waals surface area (Å²) >= 11 is 0. The van der Waals surface area contributed by atoms with E-state index >= 15 is 0 Å². The molecule has 0 saturated carbocycles. The first kappa shape index (κ1) is 20.7. The van der Waals surface area contributed by atoms with Crippen LogP contribution in [0.2, 0.25) is 0 Å². The van der Waals surface area contributed by atoms with Crippen molar-refractivity contribution in [1.29, 1.82) is 0 Å². The normalized spacial score (nSPS) is 10.6. The first-order valence-electron chi connectivity index (χ1n) is 7.21. The average Bonchev–Trinajstić information content (AvgIpc) is 2.29. The Bertz CT molecular complexity index is 197. The fraction of sp³-hybridized carbons (Fsp3) is 0.933. The van der Waals surface area contributed by atoms with Crippen molar-refractivity contribution < 1.29 is 19.4 Å². The fourth-order valence-electron chi connectivity index (χ4n) is 1.20. The maximum atomic E-state index is 10.7. The highest BCUT2D eigenvalue weighted by Gasteiger charge is 2.08. The predicted octanol–water partition coefficient (Wildman–Crippen LogP) is 3.17. The molecule has 0 aliphatic rings. The van der Waals surface area contributed by atoms with Crippen LogP contribution < -0.4 is 0 Å². The number of hydrogen-bond acceptors (Lipinski definition) is 4. The van der Waals surface area contributed by atoms with Gasteiger partial charge in [0, 0.05) is 6.42 Å². The molecule has 0 aliphatic carbocycles. The lowest BCUT2D eigenvalue weighted by Gasteiger charge is -2.17. The minimum atomic E-state index is -0.0593. The van der Waals surface area contributed by atoms with Gasteiger partial charge in [0.2, 0.25) is 0 Å². The van der Waals surface area contributed by atoms with E-state index in [1.54, 1.807) is 0 Å². The molecule has 0 atom stereocenters. The van der Waals surface area contributed by atoms with Gasteiger partial charge in [-0.3, -0.25) is 4.79 Å². The summed E-state index contributed by atoms with van der Waals surface area (Å²) in [4.78, 5) is 10.7. The minimum Gasteiger partial charge on any atom is -0.466 e. The topological polar surface area (TPSA) is 55.8 Å². The Hall–Kier alpha value is -0.610. The number of carbonyl (C=O) groups is 1. The lowest BCUT2D eigenvalue weighted by atomic mass is 9.99. The van der Waals surface area contributed by atoms with Gasteiger partial charge >= 0.3 is 5.97 Å². The molecule has 19 heavy (non-hydrogen) atoms. The van der Waals surface area contributed by atoms with Crippen molar-refractivity contribution in [2.75, 3.05) is 26.4 Å². The van der Waals surface area contributed by atoms with E-state index < -0.39 is 0 Å².